The lowest BCUT2D eigenvalue weighted by Crippen LogP contribution is -2.48. The molecule has 10 heteroatoms. The lowest BCUT2D eigenvalue weighted by atomic mass is 9.64. The first kappa shape index (κ1) is 28.6. The standard InChI is InChI=1S/C27H36O10/c1-14-8-18(28)12-26(4,5)27(14,34)7-6-15(2)36-25-16(3)20(29)11-19(37-25)13-35-24(33)17-9-21(30)23(32)22(31)10-17/h6-10,15-16,19-20,25,29-32,34H,11-13H2,1-5H3/b7-6+/t15-,16-,19+,20+,25-,27-/m1/s1. The molecule has 0 aromatic heterocycles. The van der Waals surface area contributed by atoms with Crippen LogP contribution in [0.15, 0.2) is 35.9 Å². The molecule has 1 fully saturated rings. The van der Waals surface area contributed by atoms with Crippen LogP contribution in [0.3, 0.4) is 0 Å². The first-order valence-corrected chi connectivity index (χ1v) is 12.2. The number of rotatable bonds is 7. The smallest absolute Gasteiger partial charge is 0.338 e. The SMILES string of the molecule is CC1=CC(=O)CC(C)(C)[C@@]1(O)/C=C/[C@@H](C)O[C@@H]1O[C@H](COC(=O)c2cc(O)c(O)c(O)c2)C[C@H](O)[C@H]1C. The van der Waals surface area contributed by atoms with Crippen LogP contribution in [0.5, 0.6) is 17.2 Å². The summed E-state index contributed by atoms with van der Waals surface area (Å²) in [5.41, 5.74) is -1.65. The minimum absolute atomic E-state index is 0.0333. The molecule has 1 aliphatic heterocycles. The van der Waals surface area contributed by atoms with Crippen LogP contribution in [0, 0.1) is 11.3 Å². The maximum absolute atomic E-state index is 12.3. The second-order valence-electron chi connectivity index (χ2n) is 10.6. The van der Waals surface area contributed by atoms with Gasteiger partial charge in [-0.15, -0.1) is 0 Å². The lowest BCUT2D eigenvalue weighted by molar-refractivity contribution is -0.256. The zero-order valence-corrected chi connectivity index (χ0v) is 21.7. The fraction of sp³-hybridized carbons (Fsp3) is 0.556. The van der Waals surface area contributed by atoms with Crippen LogP contribution in [0.2, 0.25) is 0 Å². The second-order valence-corrected chi connectivity index (χ2v) is 10.6. The Kier molecular flexibility index (Phi) is 8.38. The van der Waals surface area contributed by atoms with E-state index in [9.17, 15) is 35.1 Å². The molecule has 5 N–H and O–H groups in total. The number of hydrogen-bond acceptors (Lipinski definition) is 10. The van der Waals surface area contributed by atoms with Gasteiger partial charge in [-0.25, -0.2) is 4.79 Å². The van der Waals surface area contributed by atoms with Gasteiger partial charge in [-0.2, -0.15) is 0 Å². The number of carbonyl (C=O) groups excluding carboxylic acids is 2. The van der Waals surface area contributed by atoms with Crippen LogP contribution in [-0.4, -0.2) is 74.1 Å². The molecular formula is C27H36O10. The van der Waals surface area contributed by atoms with Gasteiger partial charge in [0.1, 0.15) is 12.2 Å². The highest BCUT2D eigenvalue weighted by atomic mass is 16.7. The fourth-order valence-electron chi connectivity index (χ4n) is 4.67. The van der Waals surface area contributed by atoms with Crippen molar-refractivity contribution >= 4 is 11.8 Å². The van der Waals surface area contributed by atoms with Crippen molar-refractivity contribution in [2.45, 2.75) is 77.7 Å². The summed E-state index contributed by atoms with van der Waals surface area (Å²) in [7, 11) is 0. The summed E-state index contributed by atoms with van der Waals surface area (Å²) in [5.74, 6) is -3.36. The third kappa shape index (κ3) is 6.15. The first-order chi connectivity index (χ1) is 17.1. The molecular weight excluding hydrogens is 484 g/mol. The minimum Gasteiger partial charge on any atom is -0.504 e. The van der Waals surface area contributed by atoms with Gasteiger partial charge in [0.05, 0.1) is 23.9 Å². The van der Waals surface area contributed by atoms with E-state index in [1.807, 2.05) is 13.8 Å². The maximum atomic E-state index is 12.3. The molecule has 0 amide bonds. The Morgan fingerprint density at radius 3 is 2.46 bits per heavy atom. The van der Waals surface area contributed by atoms with E-state index >= 15 is 0 Å². The van der Waals surface area contributed by atoms with Crippen LogP contribution in [-0.2, 0) is 19.0 Å². The number of ketones is 1. The third-order valence-corrected chi connectivity index (χ3v) is 7.16. The molecule has 0 saturated carbocycles. The zero-order valence-electron chi connectivity index (χ0n) is 21.7. The molecule has 0 unspecified atom stereocenters. The number of phenolic OH excluding ortho intramolecular Hbond substituents is 3. The van der Waals surface area contributed by atoms with E-state index < -0.39 is 58.8 Å². The molecule has 3 rings (SSSR count). The number of aliphatic hydroxyl groups excluding tert-OH is 1. The van der Waals surface area contributed by atoms with Crippen molar-refractivity contribution in [3.63, 3.8) is 0 Å². The van der Waals surface area contributed by atoms with Crippen molar-refractivity contribution in [3.05, 3.63) is 41.5 Å². The van der Waals surface area contributed by atoms with Gasteiger partial charge in [0.2, 0.25) is 0 Å². The summed E-state index contributed by atoms with van der Waals surface area (Å²) in [6, 6.07) is 1.93. The molecule has 6 atom stereocenters. The number of aromatic hydroxyl groups is 3. The highest BCUT2D eigenvalue weighted by Crippen LogP contribution is 2.44. The van der Waals surface area contributed by atoms with Crippen molar-refractivity contribution in [2.24, 2.45) is 11.3 Å². The third-order valence-electron chi connectivity index (χ3n) is 7.16. The van der Waals surface area contributed by atoms with Crippen LogP contribution in [0.4, 0.5) is 0 Å². The van der Waals surface area contributed by atoms with Crippen molar-refractivity contribution in [3.8, 4) is 17.2 Å². The van der Waals surface area contributed by atoms with Crippen LogP contribution in [0.1, 0.15) is 57.8 Å². The molecule has 0 radical (unpaired) electrons. The summed E-state index contributed by atoms with van der Waals surface area (Å²) in [4.78, 5) is 24.3. The molecule has 1 aromatic rings. The van der Waals surface area contributed by atoms with Crippen LogP contribution < -0.4 is 0 Å². The van der Waals surface area contributed by atoms with Gasteiger partial charge >= 0.3 is 5.97 Å². The maximum Gasteiger partial charge on any atom is 0.338 e. The zero-order chi connectivity index (χ0) is 27.7. The van der Waals surface area contributed by atoms with E-state index in [4.69, 9.17) is 14.2 Å². The van der Waals surface area contributed by atoms with E-state index in [-0.39, 0.29) is 36.7 Å². The molecule has 204 valence electrons. The molecule has 2 aliphatic rings. The van der Waals surface area contributed by atoms with E-state index in [0.29, 0.717) is 5.57 Å². The number of ether oxygens (including phenoxy) is 3. The summed E-state index contributed by atoms with van der Waals surface area (Å²) in [6.07, 6.45) is 2.33. The van der Waals surface area contributed by atoms with E-state index in [1.54, 1.807) is 32.9 Å². The molecule has 37 heavy (non-hydrogen) atoms. The Morgan fingerprint density at radius 1 is 1.24 bits per heavy atom. The summed E-state index contributed by atoms with van der Waals surface area (Å²) >= 11 is 0. The molecule has 1 aromatic carbocycles. The fourth-order valence-corrected chi connectivity index (χ4v) is 4.67. The second kappa shape index (κ2) is 10.8. The van der Waals surface area contributed by atoms with Gasteiger partial charge < -0.3 is 39.7 Å². The summed E-state index contributed by atoms with van der Waals surface area (Å²) in [5, 5.41) is 50.5. The van der Waals surface area contributed by atoms with Crippen molar-refractivity contribution in [2.75, 3.05) is 6.61 Å². The number of allylic oxidation sites excluding steroid dienone is 1. The Hall–Kier alpha value is -2.92. The molecule has 10 nitrogen and oxygen atoms in total. The highest BCUT2D eigenvalue weighted by Gasteiger charge is 2.47. The first-order valence-electron chi connectivity index (χ1n) is 12.2. The Balaban J connectivity index is 1.63. The predicted molar refractivity (Wildman–Crippen MR) is 132 cm³/mol. The van der Waals surface area contributed by atoms with E-state index in [0.717, 1.165) is 12.1 Å². The molecule has 1 aliphatic carbocycles. The molecule has 1 saturated heterocycles. The number of benzene rings is 1. The lowest BCUT2D eigenvalue weighted by Gasteiger charge is -2.44. The van der Waals surface area contributed by atoms with E-state index in [2.05, 4.69) is 0 Å². The molecule has 1 heterocycles. The van der Waals surface area contributed by atoms with Gasteiger partial charge in [0.25, 0.3) is 0 Å². The van der Waals surface area contributed by atoms with Gasteiger partial charge in [0.15, 0.2) is 29.3 Å². The quantitative estimate of drug-likeness (QED) is 0.205. The van der Waals surface area contributed by atoms with E-state index in [1.165, 1.54) is 6.08 Å². The summed E-state index contributed by atoms with van der Waals surface area (Å²) < 4.78 is 17.2. The normalized spacial score (nSPS) is 30.7. The van der Waals surface area contributed by atoms with Gasteiger partial charge in [-0.1, -0.05) is 26.8 Å². The van der Waals surface area contributed by atoms with Gasteiger partial charge in [-0.3, -0.25) is 4.79 Å². The molecule has 0 bridgehead atoms. The number of esters is 1. The average Bonchev–Trinajstić information content (AvgIpc) is 2.80. The van der Waals surface area contributed by atoms with Crippen molar-refractivity contribution in [1.82, 2.24) is 0 Å². The highest BCUT2D eigenvalue weighted by molar-refractivity contribution is 5.93. The minimum atomic E-state index is -1.33. The number of carbonyl (C=O) groups is 2. The number of hydrogen-bond donors (Lipinski definition) is 5. The Bertz CT molecular complexity index is 1070. The summed E-state index contributed by atoms with van der Waals surface area (Å²) in [6.45, 7) is 8.67. The number of phenols is 3. The van der Waals surface area contributed by atoms with Crippen LogP contribution in [0.25, 0.3) is 0 Å². The average molecular weight is 521 g/mol. The van der Waals surface area contributed by atoms with Crippen molar-refractivity contribution < 1.29 is 49.3 Å². The monoisotopic (exact) mass is 520 g/mol. The van der Waals surface area contributed by atoms with Crippen molar-refractivity contribution in [1.29, 1.82) is 0 Å². The predicted octanol–water partition coefficient (Wildman–Crippen LogP) is 2.71. The number of aliphatic hydroxyl groups is 2. The Morgan fingerprint density at radius 2 is 1.86 bits per heavy atom. The topological polar surface area (TPSA) is 163 Å². The van der Waals surface area contributed by atoms with Gasteiger partial charge in [-0.05, 0) is 43.7 Å². The van der Waals surface area contributed by atoms with Crippen LogP contribution >= 0.6 is 0 Å². The largest absolute Gasteiger partial charge is 0.504 e. The van der Waals surface area contributed by atoms with Gasteiger partial charge in [0, 0.05) is 24.2 Å². The molecule has 0 spiro atoms. The Labute approximate surface area is 215 Å².